The lowest BCUT2D eigenvalue weighted by atomic mass is 9.84. The maximum Gasteiger partial charge on any atom is 0.239 e. The molecule has 134 valence electrons. The first-order chi connectivity index (χ1) is 11.6. The van der Waals surface area contributed by atoms with Crippen LogP contribution in [0.4, 0.5) is 0 Å². The summed E-state index contributed by atoms with van der Waals surface area (Å²) in [4.78, 5) is 14.8. The average molecular weight is 359 g/mol. The molecule has 1 amide bonds. The van der Waals surface area contributed by atoms with Gasteiger partial charge in [0.25, 0.3) is 0 Å². The van der Waals surface area contributed by atoms with Crippen molar-refractivity contribution >= 4 is 18.3 Å². The Kier molecular flexibility index (Phi) is 6.63. The molecule has 0 aromatic heterocycles. The van der Waals surface area contributed by atoms with Gasteiger partial charge in [-0.15, -0.1) is 12.4 Å². The van der Waals surface area contributed by atoms with E-state index in [0.717, 1.165) is 6.42 Å². The standard InChI is InChI=1S/C21H26N2O.ClH/c1-15(2)12-20(22)21(24)23-13-17-10-6-7-11-18(17)19(14-23)16-8-4-3-5-9-16;/h3-11,15,19-20H,12-14,22H2,1-2H3;1H/t19?,20-;/m0./s1. The largest absolute Gasteiger partial charge is 0.336 e. The molecular formula is C21H27ClN2O. The Hall–Kier alpha value is -1.84. The van der Waals surface area contributed by atoms with Crippen molar-refractivity contribution in [2.24, 2.45) is 11.7 Å². The van der Waals surface area contributed by atoms with Crippen molar-refractivity contribution in [2.45, 2.75) is 38.8 Å². The van der Waals surface area contributed by atoms with Gasteiger partial charge in [0.1, 0.15) is 0 Å². The first-order valence-electron chi connectivity index (χ1n) is 8.73. The minimum atomic E-state index is -0.410. The van der Waals surface area contributed by atoms with Crippen molar-refractivity contribution in [3.8, 4) is 0 Å². The Morgan fingerprint density at radius 3 is 2.44 bits per heavy atom. The molecule has 2 aromatic carbocycles. The second kappa shape index (κ2) is 8.50. The smallest absolute Gasteiger partial charge is 0.239 e. The van der Waals surface area contributed by atoms with Crippen LogP contribution in [-0.2, 0) is 11.3 Å². The fourth-order valence-corrected chi connectivity index (χ4v) is 3.59. The number of hydrogen-bond donors (Lipinski definition) is 1. The van der Waals surface area contributed by atoms with Crippen LogP contribution in [0.1, 0.15) is 42.9 Å². The molecule has 2 N–H and O–H groups in total. The molecule has 0 radical (unpaired) electrons. The van der Waals surface area contributed by atoms with Crippen molar-refractivity contribution < 1.29 is 4.79 Å². The van der Waals surface area contributed by atoms with Crippen LogP contribution in [-0.4, -0.2) is 23.4 Å². The number of nitrogens with two attached hydrogens (primary N) is 1. The molecule has 1 aliphatic rings. The van der Waals surface area contributed by atoms with Gasteiger partial charge in [-0.3, -0.25) is 4.79 Å². The number of nitrogens with zero attached hydrogens (tertiary/aromatic N) is 1. The highest BCUT2D eigenvalue weighted by Crippen LogP contribution is 2.33. The van der Waals surface area contributed by atoms with Crippen LogP contribution >= 0.6 is 12.4 Å². The van der Waals surface area contributed by atoms with Crippen molar-refractivity contribution in [1.29, 1.82) is 0 Å². The molecule has 0 bridgehead atoms. The van der Waals surface area contributed by atoms with Gasteiger partial charge in [-0.05, 0) is 29.0 Å². The second-order valence-corrected chi connectivity index (χ2v) is 7.12. The SMILES string of the molecule is CC(C)C[C@H](N)C(=O)N1Cc2ccccc2C(c2ccccc2)C1.Cl. The van der Waals surface area contributed by atoms with Crippen molar-refractivity contribution in [1.82, 2.24) is 4.90 Å². The third-order valence-electron chi connectivity index (χ3n) is 4.75. The van der Waals surface area contributed by atoms with E-state index in [9.17, 15) is 4.79 Å². The fraction of sp³-hybridized carbons (Fsp3) is 0.381. The Morgan fingerprint density at radius 1 is 1.12 bits per heavy atom. The molecule has 1 aliphatic heterocycles. The van der Waals surface area contributed by atoms with Crippen LogP contribution in [0.3, 0.4) is 0 Å². The Balaban J connectivity index is 0.00000225. The van der Waals surface area contributed by atoms with E-state index < -0.39 is 6.04 Å². The van der Waals surface area contributed by atoms with E-state index in [-0.39, 0.29) is 24.2 Å². The fourth-order valence-electron chi connectivity index (χ4n) is 3.59. The van der Waals surface area contributed by atoms with E-state index in [1.165, 1.54) is 16.7 Å². The van der Waals surface area contributed by atoms with E-state index in [1.54, 1.807) is 0 Å². The molecular weight excluding hydrogens is 332 g/mol. The van der Waals surface area contributed by atoms with E-state index >= 15 is 0 Å². The van der Waals surface area contributed by atoms with Crippen LogP contribution in [0.15, 0.2) is 54.6 Å². The molecule has 2 atom stereocenters. The third kappa shape index (κ3) is 4.42. The maximum atomic E-state index is 12.8. The summed E-state index contributed by atoms with van der Waals surface area (Å²) in [5.74, 6) is 0.705. The second-order valence-electron chi connectivity index (χ2n) is 7.12. The summed E-state index contributed by atoms with van der Waals surface area (Å²) in [6.45, 7) is 5.56. The molecule has 0 saturated heterocycles. The van der Waals surface area contributed by atoms with Gasteiger partial charge in [-0.1, -0.05) is 68.4 Å². The number of halogens is 1. The minimum absolute atomic E-state index is 0. The van der Waals surface area contributed by atoms with E-state index in [2.05, 4.69) is 56.3 Å². The van der Waals surface area contributed by atoms with Gasteiger partial charge >= 0.3 is 0 Å². The minimum Gasteiger partial charge on any atom is -0.336 e. The molecule has 3 rings (SSSR count). The summed E-state index contributed by atoms with van der Waals surface area (Å²) in [7, 11) is 0. The number of benzene rings is 2. The quantitative estimate of drug-likeness (QED) is 0.899. The zero-order valence-electron chi connectivity index (χ0n) is 14.9. The van der Waals surface area contributed by atoms with Gasteiger partial charge in [0.2, 0.25) is 5.91 Å². The molecule has 3 nitrogen and oxygen atoms in total. The number of fused-ring (bicyclic) bond motifs is 1. The van der Waals surface area contributed by atoms with Crippen LogP contribution in [0.25, 0.3) is 0 Å². The zero-order chi connectivity index (χ0) is 17.1. The molecule has 25 heavy (non-hydrogen) atoms. The van der Waals surface area contributed by atoms with Gasteiger partial charge in [-0.25, -0.2) is 0 Å². The molecule has 0 spiro atoms. The molecule has 1 heterocycles. The third-order valence-corrected chi connectivity index (χ3v) is 4.75. The predicted molar refractivity (Wildman–Crippen MR) is 105 cm³/mol. The first-order valence-corrected chi connectivity index (χ1v) is 8.73. The highest BCUT2D eigenvalue weighted by molar-refractivity contribution is 5.85. The number of carbonyl (C=O) groups is 1. The van der Waals surface area contributed by atoms with Crippen molar-refractivity contribution in [3.63, 3.8) is 0 Å². The Labute approximate surface area is 156 Å². The zero-order valence-corrected chi connectivity index (χ0v) is 15.7. The monoisotopic (exact) mass is 358 g/mol. The molecule has 1 unspecified atom stereocenters. The lowest BCUT2D eigenvalue weighted by Crippen LogP contribution is -2.47. The number of hydrogen-bond acceptors (Lipinski definition) is 2. The van der Waals surface area contributed by atoms with Crippen molar-refractivity contribution in [3.05, 3.63) is 71.3 Å². The van der Waals surface area contributed by atoms with Gasteiger partial charge in [0.15, 0.2) is 0 Å². The topological polar surface area (TPSA) is 46.3 Å². The van der Waals surface area contributed by atoms with E-state index in [4.69, 9.17) is 5.73 Å². The normalized spacial score (nSPS) is 17.6. The maximum absolute atomic E-state index is 12.8. The van der Waals surface area contributed by atoms with Gasteiger partial charge in [0.05, 0.1) is 6.04 Å². The van der Waals surface area contributed by atoms with Gasteiger partial charge in [-0.2, -0.15) is 0 Å². The Morgan fingerprint density at radius 2 is 1.76 bits per heavy atom. The number of carbonyl (C=O) groups excluding carboxylic acids is 1. The summed E-state index contributed by atoms with van der Waals surface area (Å²) in [5, 5.41) is 0. The molecule has 0 saturated carbocycles. The van der Waals surface area contributed by atoms with E-state index in [1.807, 2.05) is 17.0 Å². The van der Waals surface area contributed by atoms with Crippen LogP contribution in [0.2, 0.25) is 0 Å². The van der Waals surface area contributed by atoms with Crippen molar-refractivity contribution in [2.75, 3.05) is 6.54 Å². The summed E-state index contributed by atoms with van der Waals surface area (Å²) in [5.41, 5.74) is 9.96. The number of amides is 1. The summed E-state index contributed by atoms with van der Waals surface area (Å²) in [6.07, 6.45) is 0.729. The first kappa shape index (κ1) is 19.5. The van der Waals surface area contributed by atoms with Gasteiger partial charge < -0.3 is 10.6 Å². The highest BCUT2D eigenvalue weighted by Gasteiger charge is 2.31. The number of rotatable bonds is 4. The summed E-state index contributed by atoms with van der Waals surface area (Å²) >= 11 is 0. The Bertz CT molecular complexity index is 702. The summed E-state index contributed by atoms with van der Waals surface area (Å²) < 4.78 is 0. The van der Waals surface area contributed by atoms with Crippen LogP contribution in [0, 0.1) is 5.92 Å². The van der Waals surface area contributed by atoms with Crippen LogP contribution < -0.4 is 5.73 Å². The van der Waals surface area contributed by atoms with Gasteiger partial charge in [0, 0.05) is 19.0 Å². The molecule has 0 aliphatic carbocycles. The van der Waals surface area contributed by atoms with E-state index in [0.29, 0.717) is 19.0 Å². The molecule has 2 aromatic rings. The molecule has 4 heteroatoms. The lowest BCUT2D eigenvalue weighted by Gasteiger charge is -2.36. The highest BCUT2D eigenvalue weighted by atomic mass is 35.5. The average Bonchev–Trinajstić information content (AvgIpc) is 2.60. The molecule has 0 fully saturated rings. The van der Waals surface area contributed by atoms with Crippen LogP contribution in [0.5, 0.6) is 0 Å². The summed E-state index contributed by atoms with van der Waals surface area (Å²) in [6, 6.07) is 18.5. The lowest BCUT2D eigenvalue weighted by molar-refractivity contribution is -0.134. The predicted octanol–water partition coefficient (Wildman–Crippen LogP) is 3.96.